The fourth-order valence-electron chi connectivity index (χ4n) is 0.412. The van der Waals surface area contributed by atoms with Crippen LogP contribution in [-0.4, -0.2) is 23.8 Å². The molecule has 3 nitrogen and oxygen atoms in total. The number of rotatable bonds is 3. The van der Waals surface area contributed by atoms with Crippen molar-refractivity contribution < 1.29 is 5.11 Å². The first kappa shape index (κ1) is 7.88. The highest BCUT2D eigenvalue weighted by molar-refractivity contribution is 4.69. The molecule has 0 aromatic carbocycles. The van der Waals surface area contributed by atoms with Crippen molar-refractivity contribution in [3.05, 3.63) is 0 Å². The van der Waals surface area contributed by atoms with Gasteiger partial charge in [0.25, 0.3) is 0 Å². The zero-order valence-corrected chi connectivity index (χ0v) is 5.17. The molecule has 50 valence electrons. The fourth-order valence-corrected chi connectivity index (χ4v) is 0.412. The molecule has 8 heavy (non-hydrogen) atoms. The van der Waals surface area contributed by atoms with Crippen LogP contribution in [0.4, 0.5) is 0 Å². The summed E-state index contributed by atoms with van der Waals surface area (Å²) in [5.41, 5.74) is 10.8. The Morgan fingerprint density at radius 1 is 1.50 bits per heavy atom. The summed E-state index contributed by atoms with van der Waals surface area (Å²) in [5.74, 6) is 0. The van der Waals surface area contributed by atoms with Gasteiger partial charge in [0.05, 0.1) is 0 Å². The molecule has 3 heteroatoms. The molecule has 0 aliphatic heterocycles. The van der Waals surface area contributed by atoms with Gasteiger partial charge in [-0.25, -0.2) is 0 Å². The van der Waals surface area contributed by atoms with Crippen molar-refractivity contribution in [1.29, 1.82) is 0 Å². The molecule has 0 aliphatic carbocycles. The van der Waals surface area contributed by atoms with Gasteiger partial charge in [0.2, 0.25) is 0 Å². The lowest BCUT2D eigenvalue weighted by molar-refractivity contribution is 0.269. The normalized spacial score (nSPS) is 18.0. The summed E-state index contributed by atoms with van der Waals surface area (Å²) in [6.45, 7) is 1.96. The minimum absolute atomic E-state index is 0.0119. The second-order valence-electron chi connectivity index (χ2n) is 2.04. The summed E-state index contributed by atoms with van der Waals surface area (Å²) in [7, 11) is 0. The van der Waals surface area contributed by atoms with Crippen LogP contribution in [0.5, 0.6) is 0 Å². The zero-order chi connectivity index (χ0) is 6.57. The Bertz CT molecular complexity index is 56.4. The van der Waals surface area contributed by atoms with Gasteiger partial charge in [-0.2, -0.15) is 0 Å². The van der Waals surface area contributed by atoms with Gasteiger partial charge in [-0.3, -0.25) is 0 Å². The van der Waals surface area contributed by atoms with E-state index in [1.807, 2.05) is 6.92 Å². The molecule has 0 aromatic heterocycles. The fraction of sp³-hybridized carbons (Fsp3) is 1.00. The predicted molar refractivity (Wildman–Crippen MR) is 33.3 cm³/mol. The standard InChI is InChI=1S/C5H14N2O/c1-4(6)5(7)2-3-8/h4-5,8H,2-3,6-7H2,1H3/t4-,5?/m1/s1. The van der Waals surface area contributed by atoms with Gasteiger partial charge in [-0.1, -0.05) is 0 Å². The van der Waals surface area contributed by atoms with Gasteiger partial charge in [-0.15, -0.1) is 0 Å². The van der Waals surface area contributed by atoms with E-state index >= 15 is 0 Å². The van der Waals surface area contributed by atoms with Crippen LogP contribution in [0.25, 0.3) is 0 Å². The number of hydrogen-bond acceptors (Lipinski definition) is 3. The van der Waals surface area contributed by atoms with E-state index in [1.165, 1.54) is 0 Å². The first-order valence-electron chi connectivity index (χ1n) is 2.80. The molecule has 0 amide bonds. The Balaban J connectivity index is 3.17. The van der Waals surface area contributed by atoms with Crippen molar-refractivity contribution >= 4 is 0 Å². The molecule has 0 rings (SSSR count). The van der Waals surface area contributed by atoms with Gasteiger partial charge in [0.15, 0.2) is 0 Å². The molecule has 0 aromatic rings. The lowest BCUT2D eigenvalue weighted by Crippen LogP contribution is -2.39. The van der Waals surface area contributed by atoms with Crippen LogP contribution in [-0.2, 0) is 0 Å². The molecule has 1 unspecified atom stereocenters. The number of hydrogen-bond donors (Lipinski definition) is 3. The Kier molecular flexibility index (Phi) is 3.77. The van der Waals surface area contributed by atoms with Crippen LogP contribution in [0, 0.1) is 0 Å². The molecule has 0 aliphatic rings. The van der Waals surface area contributed by atoms with Crippen LogP contribution >= 0.6 is 0 Å². The molecule has 0 radical (unpaired) electrons. The first-order chi connectivity index (χ1) is 3.68. The van der Waals surface area contributed by atoms with Crippen molar-refractivity contribution in [3.8, 4) is 0 Å². The topological polar surface area (TPSA) is 72.3 Å². The summed E-state index contributed by atoms with van der Waals surface area (Å²) in [5, 5.41) is 8.35. The summed E-state index contributed by atoms with van der Waals surface area (Å²) >= 11 is 0. The molecule has 5 N–H and O–H groups in total. The maximum atomic E-state index is 8.35. The van der Waals surface area contributed by atoms with Crippen molar-refractivity contribution in [1.82, 2.24) is 0 Å². The van der Waals surface area contributed by atoms with Gasteiger partial charge in [-0.05, 0) is 13.3 Å². The highest BCUT2D eigenvalue weighted by atomic mass is 16.3. The number of aliphatic hydroxyl groups excluding tert-OH is 1. The van der Waals surface area contributed by atoms with Crippen molar-refractivity contribution in [2.45, 2.75) is 25.4 Å². The average molecular weight is 118 g/mol. The molecule has 0 bridgehead atoms. The SMILES string of the molecule is C[C@@H](N)C(N)CCO. The number of nitrogens with two attached hydrogens (primary N) is 2. The second kappa shape index (κ2) is 3.83. The predicted octanol–water partition coefficient (Wildman–Crippen LogP) is -0.957. The third kappa shape index (κ3) is 2.96. The van der Waals surface area contributed by atoms with Crippen LogP contribution in [0.15, 0.2) is 0 Å². The van der Waals surface area contributed by atoms with Crippen LogP contribution in [0.3, 0.4) is 0 Å². The van der Waals surface area contributed by atoms with Gasteiger partial charge >= 0.3 is 0 Å². The summed E-state index contributed by atoms with van der Waals surface area (Å²) in [6, 6.07) is -0.0675. The monoisotopic (exact) mass is 118 g/mol. The van der Waals surface area contributed by atoms with Crippen molar-refractivity contribution in [2.24, 2.45) is 11.5 Å². The molecule has 0 saturated heterocycles. The Morgan fingerprint density at radius 2 is 2.00 bits per heavy atom. The zero-order valence-electron chi connectivity index (χ0n) is 5.17. The maximum Gasteiger partial charge on any atom is 0.0446 e. The van der Waals surface area contributed by atoms with E-state index in [1.54, 1.807) is 0 Å². The van der Waals surface area contributed by atoms with E-state index in [2.05, 4.69) is 0 Å². The highest BCUT2D eigenvalue weighted by Gasteiger charge is 2.04. The molecular weight excluding hydrogens is 104 g/mol. The van der Waals surface area contributed by atoms with E-state index in [0.717, 1.165) is 0 Å². The van der Waals surface area contributed by atoms with Crippen LogP contribution in [0.2, 0.25) is 0 Å². The Labute approximate surface area is 49.7 Å². The van der Waals surface area contributed by atoms with Gasteiger partial charge in [0, 0.05) is 18.7 Å². The van der Waals surface area contributed by atoms with E-state index in [-0.39, 0.29) is 18.7 Å². The van der Waals surface area contributed by atoms with E-state index in [9.17, 15) is 0 Å². The Morgan fingerprint density at radius 3 is 2.12 bits per heavy atom. The quantitative estimate of drug-likeness (QED) is 0.447. The smallest absolute Gasteiger partial charge is 0.0446 e. The molecule has 0 heterocycles. The molecule has 0 fully saturated rings. The molecular formula is C5H14N2O. The summed E-state index contributed by atoms with van der Waals surface area (Å²) in [6.07, 6.45) is 0.595. The largest absolute Gasteiger partial charge is 0.396 e. The lowest BCUT2D eigenvalue weighted by Gasteiger charge is -2.12. The van der Waals surface area contributed by atoms with E-state index in [4.69, 9.17) is 16.6 Å². The number of aliphatic hydroxyl groups is 1. The maximum absolute atomic E-state index is 8.35. The van der Waals surface area contributed by atoms with E-state index < -0.39 is 0 Å². The second-order valence-corrected chi connectivity index (χ2v) is 2.04. The highest BCUT2D eigenvalue weighted by Crippen LogP contribution is 1.89. The Hall–Kier alpha value is -0.120. The summed E-state index contributed by atoms with van der Waals surface area (Å²) in [4.78, 5) is 0. The van der Waals surface area contributed by atoms with Gasteiger partial charge in [0.1, 0.15) is 0 Å². The lowest BCUT2D eigenvalue weighted by atomic mass is 10.1. The van der Waals surface area contributed by atoms with Crippen molar-refractivity contribution in [2.75, 3.05) is 6.61 Å². The molecule has 0 saturated carbocycles. The first-order valence-corrected chi connectivity index (χ1v) is 2.80. The van der Waals surface area contributed by atoms with Gasteiger partial charge < -0.3 is 16.6 Å². The third-order valence-corrected chi connectivity index (χ3v) is 1.14. The average Bonchev–Trinajstić information content (AvgIpc) is 1.67. The van der Waals surface area contributed by atoms with Crippen molar-refractivity contribution in [3.63, 3.8) is 0 Å². The van der Waals surface area contributed by atoms with Crippen LogP contribution < -0.4 is 11.5 Å². The molecule has 2 atom stereocenters. The summed E-state index contributed by atoms with van der Waals surface area (Å²) < 4.78 is 0. The minimum atomic E-state index is -0.0556. The van der Waals surface area contributed by atoms with E-state index in [0.29, 0.717) is 6.42 Å². The molecule has 0 spiro atoms. The third-order valence-electron chi connectivity index (χ3n) is 1.14. The van der Waals surface area contributed by atoms with Crippen LogP contribution in [0.1, 0.15) is 13.3 Å². The minimum Gasteiger partial charge on any atom is -0.396 e.